The minimum atomic E-state index is -0.609. The lowest BCUT2D eigenvalue weighted by molar-refractivity contribution is -0.117. The first-order valence-electron chi connectivity index (χ1n) is 10.0. The summed E-state index contributed by atoms with van der Waals surface area (Å²) in [6.45, 7) is 8.30. The maximum Gasteiger partial charge on any atom is 0.410 e. The molecule has 0 aromatic heterocycles. The summed E-state index contributed by atoms with van der Waals surface area (Å²) in [4.78, 5) is 27.4. The van der Waals surface area contributed by atoms with Gasteiger partial charge in [0.1, 0.15) is 5.60 Å². The molecule has 0 saturated heterocycles. The summed E-state index contributed by atoms with van der Waals surface area (Å²) in [5, 5.41) is 3.66. The predicted octanol–water partition coefficient (Wildman–Crippen LogP) is 5.73. The number of hydrogen-bond donors (Lipinski definition) is 1. The lowest BCUT2D eigenvalue weighted by Gasteiger charge is -2.24. The van der Waals surface area contributed by atoms with Crippen LogP contribution in [0.3, 0.4) is 0 Å². The van der Waals surface area contributed by atoms with Crippen molar-refractivity contribution >= 4 is 45.1 Å². The first kappa shape index (κ1) is 23.4. The molecule has 0 radical (unpaired) electrons. The van der Waals surface area contributed by atoms with Gasteiger partial charge in [-0.2, -0.15) is 0 Å². The molecule has 0 atom stereocenters. The number of nitrogens with one attached hydrogen (secondary N) is 1. The van der Waals surface area contributed by atoms with E-state index in [9.17, 15) is 9.59 Å². The van der Waals surface area contributed by atoms with Gasteiger partial charge in [-0.25, -0.2) is 4.79 Å². The summed E-state index contributed by atoms with van der Waals surface area (Å²) >= 11 is 9.60. The number of halogens is 2. The van der Waals surface area contributed by atoms with E-state index >= 15 is 0 Å². The van der Waals surface area contributed by atoms with E-state index in [-0.39, 0.29) is 12.5 Å². The molecule has 0 fully saturated rings. The molecule has 1 aliphatic heterocycles. The van der Waals surface area contributed by atoms with Gasteiger partial charge in [0.25, 0.3) is 0 Å². The standard InChI is InChI=1S/C24H26BrClN2O3/c1-15-11-17(26)10-9-16(15)12-27-22(29)20-14-28(23(30)31-24(2,3)4)13-19(20)18-7-5-6-8-21(18)25/h5-11H,12-14H2,1-4H3,(H,27,29). The summed E-state index contributed by atoms with van der Waals surface area (Å²) in [5.41, 5.74) is 3.65. The number of hydrogen-bond acceptors (Lipinski definition) is 3. The van der Waals surface area contributed by atoms with E-state index in [0.29, 0.717) is 23.7 Å². The molecule has 0 saturated carbocycles. The van der Waals surface area contributed by atoms with E-state index in [1.54, 1.807) is 4.90 Å². The number of carbonyl (C=O) groups is 2. The van der Waals surface area contributed by atoms with E-state index in [1.807, 2.05) is 70.2 Å². The van der Waals surface area contributed by atoms with E-state index in [0.717, 1.165) is 26.7 Å². The van der Waals surface area contributed by atoms with Crippen LogP contribution in [0.2, 0.25) is 5.02 Å². The Labute approximate surface area is 196 Å². The summed E-state index contributed by atoms with van der Waals surface area (Å²) in [5.74, 6) is -0.203. The van der Waals surface area contributed by atoms with Crippen LogP contribution in [-0.4, -0.2) is 35.6 Å². The van der Waals surface area contributed by atoms with Crippen molar-refractivity contribution in [1.82, 2.24) is 10.2 Å². The van der Waals surface area contributed by atoms with Gasteiger partial charge in [0.2, 0.25) is 5.91 Å². The molecule has 0 spiro atoms. The second kappa shape index (κ2) is 9.45. The maximum atomic E-state index is 13.2. The molecule has 2 aromatic rings. The topological polar surface area (TPSA) is 58.6 Å². The monoisotopic (exact) mass is 504 g/mol. The third-order valence-electron chi connectivity index (χ3n) is 4.93. The van der Waals surface area contributed by atoms with Gasteiger partial charge >= 0.3 is 6.09 Å². The van der Waals surface area contributed by atoms with Gasteiger partial charge in [0.15, 0.2) is 0 Å². The number of rotatable bonds is 4. The molecule has 1 aliphatic rings. The average molecular weight is 506 g/mol. The largest absolute Gasteiger partial charge is 0.444 e. The Morgan fingerprint density at radius 2 is 1.87 bits per heavy atom. The number of amides is 2. The van der Waals surface area contributed by atoms with Crippen molar-refractivity contribution in [2.45, 2.75) is 39.8 Å². The van der Waals surface area contributed by atoms with Crippen LogP contribution in [-0.2, 0) is 16.1 Å². The number of nitrogens with zero attached hydrogens (tertiary/aromatic N) is 1. The zero-order chi connectivity index (χ0) is 22.8. The molecular formula is C24H26BrClN2O3. The zero-order valence-corrected chi connectivity index (χ0v) is 20.4. The second-order valence-corrected chi connectivity index (χ2v) is 9.82. The zero-order valence-electron chi connectivity index (χ0n) is 18.1. The molecule has 3 rings (SSSR count). The quantitative estimate of drug-likeness (QED) is 0.577. The van der Waals surface area contributed by atoms with Gasteiger partial charge < -0.3 is 10.1 Å². The molecule has 5 nitrogen and oxygen atoms in total. The summed E-state index contributed by atoms with van der Waals surface area (Å²) in [7, 11) is 0. The molecule has 31 heavy (non-hydrogen) atoms. The highest BCUT2D eigenvalue weighted by molar-refractivity contribution is 9.10. The van der Waals surface area contributed by atoms with Crippen molar-refractivity contribution in [3.63, 3.8) is 0 Å². The number of ether oxygens (including phenoxy) is 1. The third kappa shape index (κ3) is 5.89. The van der Waals surface area contributed by atoms with Gasteiger partial charge in [-0.15, -0.1) is 0 Å². The van der Waals surface area contributed by atoms with E-state index in [2.05, 4.69) is 21.2 Å². The van der Waals surface area contributed by atoms with Gasteiger partial charge in [0.05, 0.1) is 13.1 Å². The molecule has 0 aliphatic carbocycles. The smallest absolute Gasteiger partial charge is 0.410 e. The number of benzene rings is 2. The number of aryl methyl sites for hydroxylation is 1. The Balaban J connectivity index is 1.85. The second-order valence-electron chi connectivity index (χ2n) is 8.53. The van der Waals surface area contributed by atoms with Crippen LogP contribution < -0.4 is 5.32 Å². The van der Waals surface area contributed by atoms with Crippen LogP contribution in [0.15, 0.2) is 52.5 Å². The fourth-order valence-electron chi connectivity index (χ4n) is 3.39. The van der Waals surface area contributed by atoms with Crippen LogP contribution in [0, 0.1) is 6.92 Å². The highest BCUT2D eigenvalue weighted by Gasteiger charge is 2.33. The van der Waals surface area contributed by atoms with Gasteiger partial charge in [0, 0.05) is 21.6 Å². The molecule has 164 valence electrons. The average Bonchev–Trinajstić information content (AvgIpc) is 3.11. The Kier molecular flexibility index (Phi) is 7.12. The maximum absolute atomic E-state index is 13.2. The van der Waals surface area contributed by atoms with Crippen LogP contribution in [0.1, 0.15) is 37.5 Å². The molecule has 7 heteroatoms. The van der Waals surface area contributed by atoms with Crippen molar-refractivity contribution in [1.29, 1.82) is 0 Å². The van der Waals surface area contributed by atoms with Crippen molar-refractivity contribution in [3.05, 3.63) is 74.2 Å². The molecular weight excluding hydrogens is 480 g/mol. The SMILES string of the molecule is Cc1cc(Cl)ccc1CNC(=O)C1=C(c2ccccc2Br)CN(C(=O)OC(C)(C)C)C1. The minimum Gasteiger partial charge on any atom is -0.444 e. The fourth-order valence-corrected chi connectivity index (χ4v) is 4.14. The predicted molar refractivity (Wildman–Crippen MR) is 127 cm³/mol. The van der Waals surface area contributed by atoms with Crippen LogP contribution in [0.4, 0.5) is 4.79 Å². The molecule has 2 amide bonds. The lowest BCUT2D eigenvalue weighted by atomic mass is 10.0. The van der Waals surface area contributed by atoms with Crippen LogP contribution in [0.5, 0.6) is 0 Å². The molecule has 1 heterocycles. The summed E-state index contributed by atoms with van der Waals surface area (Å²) in [6, 6.07) is 13.3. The Morgan fingerprint density at radius 3 is 2.52 bits per heavy atom. The summed E-state index contributed by atoms with van der Waals surface area (Å²) < 4.78 is 6.40. The number of carbonyl (C=O) groups excluding carboxylic acids is 2. The van der Waals surface area contributed by atoms with Gasteiger partial charge in [-0.1, -0.05) is 51.8 Å². The molecule has 0 unspecified atom stereocenters. The first-order chi connectivity index (χ1) is 14.5. The molecule has 1 N–H and O–H groups in total. The fraction of sp³-hybridized carbons (Fsp3) is 0.333. The Bertz CT molecular complexity index is 1040. The van der Waals surface area contributed by atoms with E-state index in [1.165, 1.54) is 0 Å². The molecule has 0 bridgehead atoms. The Morgan fingerprint density at radius 1 is 1.16 bits per heavy atom. The van der Waals surface area contributed by atoms with Gasteiger partial charge in [-0.3, -0.25) is 9.69 Å². The van der Waals surface area contributed by atoms with E-state index < -0.39 is 11.7 Å². The van der Waals surface area contributed by atoms with Crippen LogP contribution in [0.25, 0.3) is 5.57 Å². The first-order valence-corrected chi connectivity index (χ1v) is 11.2. The molecule has 2 aromatic carbocycles. The van der Waals surface area contributed by atoms with Crippen molar-refractivity contribution in [2.75, 3.05) is 13.1 Å². The minimum absolute atomic E-state index is 0.191. The van der Waals surface area contributed by atoms with Gasteiger partial charge in [-0.05, 0) is 68.2 Å². The highest BCUT2D eigenvalue weighted by atomic mass is 79.9. The van der Waals surface area contributed by atoms with Crippen molar-refractivity contribution < 1.29 is 14.3 Å². The Hall–Kier alpha value is -2.31. The highest BCUT2D eigenvalue weighted by Crippen LogP contribution is 2.32. The summed E-state index contributed by atoms with van der Waals surface area (Å²) in [6.07, 6.45) is -0.437. The third-order valence-corrected chi connectivity index (χ3v) is 5.86. The van der Waals surface area contributed by atoms with Crippen molar-refractivity contribution in [3.8, 4) is 0 Å². The normalized spacial score (nSPS) is 14.1. The lowest BCUT2D eigenvalue weighted by Crippen LogP contribution is -2.36. The van der Waals surface area contributed by atoms with E-state index in [4.69, 9.17) is 16.3 Å². The van der Waals surface area contributed by atoms with Crippen molar-refractivity contribution in [2.24, 2.45) is 0 Å². The van der Waals surface area contributed by atoms with Crippen LogP contribution >= 0.6 is 27.5 Å².